The van der Waals surface area contributed by atoms with Crippen LogP contribution in [-0.2, 0) is 0 Å². The van der Waals surface area contributed by atoms with Gasteiger partial charge in [0.25, 0.3) is 0 Å². The molecule has 2 aliphatic rings. The van der Waals surface area contributed by atoms with Gasteiger partial charge in [0.2, 0.25) is 0 Å². The lowest BCUT2D eigenvalue weighted by molar-refractivity contribution is 0.756. The fourth-order valence-electron chi connectivity index (χ4n) is 4.53. The van der Waals surface area contributed by atoms with E-state index in [0.29, 0.717) is 17.9 Å². The number of allylic oxidation sites excluding steroid dienone is 3. The third-order valence-corrected chi connectivity index (χ3v) is 7.16. The monoisotopic (exact) mass is 381 g/mol. The van der Waals surface area contributed by atoms with Gasteiger partial charge in [0.1, 0.15) is 0 Å². The van der Waals surface area contributed by atoms with E-state index in [0.717, 1.165) is 5.56 Å². The Kier molecular flexibility index (Phi) is 4.19. The summed E-state index contributed by atoms with van der Waals surface area (Å²) in [5.74, 6) is 1.15. The van der Waals surface area contributed by atoms with Crippen molar-refractivity contribution < 1.29 is 0 Å². The van der Waals surface area contributed by atoms with Crippen LogP contribution in [0.4, 0.5) is 0 Å². The first-order valence-electron chi connectivity index (χ1n) is 9.72. The molecule has 2 heteroatoms. The standard InChI is InChI=1S/C26H23NS/c1-4-16-12-18(21-10-11-22-25(20(21)5-2)26(22)27-3)14-19(13-16)24-15-17-8-6-7-9-23(17)28-24/h4-15,22,25-27H,1-2H2,3H3. The molecular formula is C26H23NS. The number of fused-ring (bicyclic) bond motifs is 2. The Bertz CT molecular complexity index is 1130. The molecule has 0 radical (unpaired) electrons. The number of rotatable bonds is 5. The van der Waals surface area contributed by atoms with E-state index in [1.54, 1.807) is 0 Å². The van der Waals surface area contributed by atoms with E-state index in [2.05, 4.69) is 86.2 Å². The highest BCUT2D eigenvalue weighted by Gasteiger charge is 2.50. The summed E-state index contributed by atoms with van der Waals surface area (Å²) in [6.07, 6.45) is 8.63. The van der Waals surface area contributed by atoms with E-state index < -0.39 is 0 Å². The van der Waals surface area contributed by atoms with Crippen LogP contribution in [0.15, 0.2) is 85.5 Å². The molecule has 2 aliphatic carbocycles. The van der Waals surface area contributed by atoms with Gasteiger partial charge in [0.15, 0.2) is 0 Å². The molecule has 1 heterocycles. The van der Waals surface area contributed by atoms with Crippen molar-refractivity contribution in [3.05, 3.63) is 96.6 Å². The van der Waals surface area contributed by atoms with Crippen molar-refractivity contribution in [3.63, 3.8) is 0 Å². The molecule has 1 N–H and O–H groups in total. The molecule has 0 saturated heterocycles. The Morgan fingerprint density at radius 3 is 2.57 bits per heavy atom. The lowest BCUT2D eigenvalue weighted by Crippen LogP contribution is -2.12. The van der Waals surface area contributed by atoms with Crippen molar-refractivity contribution in [1.82, 2.24) is 5.32 Å². The molecule has 3 atom stereocenters. The fourth-order valence-corrected chi connectivity index (χ4v) is 5.58. The van der Waals surface area contributed by atoms with Crippen LogP contribution in [-0.4, -0.2) is 13.1 Å². The van der Waals surface area contributed by atoms with Crippen LogP contribution in [0.2, 0.25) is 0 Å². The van der Waals surface area contributed by atoms with Gasteiger partial charge in [-0.3, -0.25) is 0 Å². The molecule has 1 fully saturated rings. The summed E-state index contributed by atoms with van der Waals surface area (Å²) in [7, 11) is 2.05. The second-order valence-electron chi connectivity index (χ2n) is 7.55. The molecule has 3 unspecified atom stereocenters. The number of benzene rings is 2. The summed E-state index contributed by atoms with van der Waals surface area (Å²) in [5, 5.41) is 4.74. The minimum atomic E-state index is 0.534. The van der Waals surface area contributed by atoms with Crippen molar-refractivity contribution >= 4 is 33.1 Å². The molecule has 138 valence electrons. The molecule has 1 saturated carbocycles. The molecule has 0 aliphatic heterocycles. The molecule has 28 heavy (non-hydrogen) atoms. The van der Waals surface area contributed by atoms with Gasteiger partial charge < -0.3 is 5.32 Å². The molecule has 0 bridgehead atoms. The molecule has 3 aromatic rings. The maximum Gasteiger partial charge on any atom is 0.0355 e. The summed E-state index contributed by atoms with van der Waals surface area (Å²) in [5.41, 5.74) is 6.30. The molecule has 0 amide bonds. The average molecular weight is 382 g/mol. The Hall–Kier alpha value is -2.68. The normalized spacial score (nSPS) is 23.0. The zero-order valence-electron chi connectivity index (χ0n) is 16.0. The van der Waals surface area contributed by atoms with Crippen LogP contribution in [0.25, 0.3) is 32.2 Å². The van der Waals surface area contributed by atoms with Gasteiger partial charge >= 0.3 is 0 Å². The average Bonchev–Trinajstić information content (AvgIpc) is 3.29. The smallest absolute Gasteiger partial charge is 0.0355 e. The van der Waals surface area contributed by atoms with Crippen LogP contribution in [0, 0.1) is 11.8 Å². The lowest BCUT2D eigenvalue weighted by atomic mass is 9.90. The summed E-state index contributed by atoms with van der Waals surface area (Å²) in [6, 6.07) is 18.2. The summed E-state index contributed by atoms with van der Waals surface area (Å²) >= 11 is 1.85. The zero-order valence-corrected chi connectivity index (χ0v) is 16.8. The first-order valence-corrected chi connectivity index (χ1v) is 10.5. The third-order valence-electron chi connectivity index (χ3n) is 6.00. The van der Waals surface area contributed by atoms with Crippen LogP contribution in [0.1, 0.15) is 11.1 Å². The summed E-state index contributed by atoms with van der Waals surface area (Å²) in [6.45, 7) is 8.14. The maximum absolute atomic E-state index is 4.12. The minimum absolute atomic E-state index is 0.534. The van der Waals surface area contributed by atoms with E-state index >= 15 is 0 Å². The largest absolute Gasteiger partial charge is 0.316 e. The van der Waals surface area contributed by atoms with Crippen molar-refractivity contribution in [2.45, 2.75) is 6.04 Å². The highest BCUT2D eigenvalue weighted by Crippen LogP contribution is 2.51. The predicted molar refractivity (Wildman–Crippen MR) is 123 cm³/mol. The van der Waals surface area contributed by atoms with E-state index in [1.165, 1.54) is 37.2 Å². The quantitative estimate of drug-likeness (QED) is 0.528. The number of thiophene rings is 1. The Morgan fingerprint density at radius 1 is 1.00 bits per heavy atom. The van der Waals surface area contributed by atoms with Crippen molar-refractivity contribution in [2.24, 2.45) is 11.8 Å². The highest BCUT2D eigenvalue weighted by atomic mass is 32.1. The zero-order chi connectivity index (χ0) is 19.3. The Morgan fingerprint density at radius 2 is 1.82 bits per heavy atom. The number of nitrogens with one attached hydrogen (secondary N) is 1. The molecular weight excluding hydrogens is 358 g/mol. The number of hydrogen-bond donors (Lipinski definition) is 1. The van der Waals surface area contributed by atoms with Gasteiger partial charge in [0.05, 0.1) is 0 Å². The van der Waals surface area contributed by atoms with Crippen molar-refractivity contribution in [3.8, 4) is 10.4 Å². The van der Waals surface area contributed by atoms with Gasteiger partial charge in [0, 0.05) is 27.5 Å². The topological polar surface area (TPSA) is 12.0 Å². The fraction of sp³-hybridized carbons (Fsp3) is 0.154. The van der Waals surface area contributed by atoms with Gasteiger partial charge in [-0.05, 0) is 70.6 Å². The summed E-state index contributed by atoms with van der Waals surface area (Å²) < 4.78 is 1.32. The second-order valence-corrected chi connectivity index (χ2v) is 8.63. The van der Waals surface area contributed by atoms with Gasteiger partial charge in [-0.2, -0.15) is 0 Å². The molecule has 1 aromatic heterocycles. The maximum atomic E-state index is 4.12. The van der Waals surface area contributed by atoms with E-state index in [4.69, 9.17) is 0 Å². The second kappa shape index (κ2) is 6.73. The predicted octanol–water partition coefficient (Wildman–Crippen LogP) is 6.55. The van der Waals surface area contributed by atoms with Gasteiger partial charge in [-0.25, -0.2) is 0 Å². The van der Waals surface area contributed by atoms with Crippen LogP contribution < -0.4 is 5.32 Å². The third kappa shape index (κ3) is 2.72. The van der Waals surface area contributed by atoms with Crippen molar-refractivity contribution in [2.75, 3.05) is 7.05 Å². The van der Waals surface area contributed by atoms with E-state index in [9.17, 15) is 0 Å². The minimum Gasteiger partial charge on any atom is -0.316 e. The van der Waals surface area contributed by atoms with Crippen LogP contribution in [0.5, 0.6) is 0 Å². The molecule has 2 aromatic carbocycles. The van der Waals surface area contributed by atoms with Crippen LogP contribution >= 0.6 is 11.3 Å². The first-order chi connectivity index (χ1) is 13.7. The number of hydrogen-bond acceptors (Lipinski definition) is 2. The SMILES string of the molecule is C=CC1=C(c2cc(C=C)cc(-c3cc4ccccc4s3)c2)C=CC2C(NC)C12. The Labute approximate surface area is 170 Å². The molecule has 0 spiro atoms. The lowest BCUT2D eigenvalue weighted by Gasteiger charge is -2.15. The Balaban J connectivity index is 1.65. The van der Waals surface area contributed by atoms with E-state index in [-0.39, 0.29) is 0 Å². The van der Waals surface area contributed by atoms with Crippen molar-refractivity contribution in [1.29, 1.82) is 0 Å². The molecule has 5 rings (SSSR count). The first kappa shape index (κ1) is 17.4. The van der Waals surface area contributed by atoms with E-state index in [1.807, 2.05) is 23.5 Å². The van der Waals surface area contributed by atoms with Crippen LogP contribution in [0.3, 0.4) is 0 Å². The van der Waals surface area contributed by atoms with Gasteiger partial charge in [-0.1, -0.05) is 55.7 Å². The highest BCUT2D eigenvalue weighted by molar-refractivity contribution is 7.22. The van der Waals surface area contributed by atoms with Gasteiger partial charge in [-0.15, -0.1) is 11.3 Å². The summed E-state index contributed by atoms with van der Waals surface area (Å²) in [4.78, 5) is 1.30. The molecule has 1 nitrogen and oxygen atoms in total.